The number of halogens is 1. The second-order valence-electron chi connectivity index (χ2n) is 5.80. The second kappa shape index (κ2) is 7.59. The van der Waals surface area contributed by atoms with Crippen molar-refractivity contribution in [2.24, 2.45) is 0 Å². The zero-order valence-electron chi connectivity index (χ0n) is 13.0. The van der Waals surface area contributed by atoms with Gasteiger partial charge in [0.2, 0.25) is 17.7 Å². The summed E-state index contributed by atoms with van der Waals surface area (Å²) in [5.41, 5.74) is 0.826. The summed E-state index contributed by atoms with van der Waals surface area (Å²) in [4.78, 5) is 14.2. The zero-order chi connectivity index (χ0) is 16.1. The summed E-state index contributed by atoms with van der Waals surface area (Å²) in [5, 5.41) is 8.73. The Kier molecular flexibility index (Phi) is 5.28. The van der Waals surface area contributed by atoms with Gasteiger partial charge in [0.25, 0.3) is 0 Å². The first-order valence-corrected chi connectivity index (χ1v) is 8.46. The molecule has 1 aromatic carbocycles. The molecule has 2 aromatic rings. The van der Waals surface area contributed by atoms with Crippen molar-refractivity contribution in [1.29, 1.82) is 0 Å². The van der Waals surface area contributed by atoms with Gasteiger partial charge in [0.1, 0.15) is 0 Å². The van der Waals surface area contributed by atoms with Crippen LogP contribution in [0.25, 0.3) is 11.5 Å². The fraction of sp³-hybridized carbons (Fsp3) is 0.471. The maximum Gasteiger partial charge on any atom is 0.247 e. The number of carbonyl (C=O) groups is 1. The van der Waals surface area contributed by atoms with Crippen molar-refractivity contribution in [2.45, 2.75) is 38.5 Å². The van der Waals surface area contributed by atoms with Crippen LogP contribution in [0.3, 0.4) is 0 Å². The summed E-state index contributed by atoms with van der Waals surface area (Å²) < 4.78 is 5.64. The first-order chi connectivity index (χ1) is 11.2. The molecule has 0 spiro atoms. The van der Waals surface area contributed by atoms with Crippen LogP contribution < -0.4 is 0 Å². The van der Waals surface area contributed by atoms with Crippen LogP contribution in [-0.4, -0.2) is 34.1 Å². The molecular formula is C17H20ClN3O2. The number of aryl methyl sites for hydroxylation is 1. The topological polar surface area (TPSA) is 59.2 Å². The highest BCUT2D eigenvalue weighted by Gasteiger charge is 2.17. The van der Waals surface area contributed by atoms with Gasteiger partial charge in [-0.05, 0) is 37.1 Å². The van der Waals surface area contributed by atoms with E-state index in [-0.39, 0.29) is 5.91 Å². The van der Waals surface area contributed by atoms with Crippen molar-refractivity contribution >= 4 is 17.5 Å². The molecule has 0 atom stereocenters. The fourth-order valence-electron chi connectivity index (χ4n) is 2.76. The van der Waals surface area contributed by atoms with Crippen molar-refractivity contribution < 1.29 is 9.21 Å². The van der Waals surface area contributed by atoms with Crippen LogP contribution in [0.4, 0.5) is 0 Å². The van der Waals surface area contributed by atoms with Gasteiger partial charge in [-0.15, -0.1) is 10.2 Å². The number of carbonyl (C=O) groups excluding carboxylic acids is 1. The number of benzene rings is 1. The lowest BCUT2D eigenvalue weighted by molar-refractivity contribution is -0.131. The van der Waals surface area contributed by atoms with E-state index in [0.29, 0.717) is 29.6 Å². The second-order valence-corrected chi connectivity index (χ2v) is 6.24. The number of aromatic nitrogens is 2. The Morgan fingerprint density at radius 1 is 1.09 bits per heavy atom. The predicted molar refractivity (Wildman–Crippen MR) is 88.1 cm³/mol. The predicted octanol–water partition coefficient (Wildman–Crippen LogP) is 3.73. The maximum atomic E-state index is 12.3. The molecule has 6 heteroatoms. The van der Waals surface area contributed by atoms with E-state index in [1.165, 1.54) is 12.8 Å². The number of nitrogens with zero attached hydrogens (tertiary/aromatic N) is 3. The van der Waals surface area contributed by atoms with E-state index in [4.69, 9.17) is 16.0 Å². The molecule has 0 N–H and O–H groups in total. The summed E-state index contributed by atoms with van der Waals surface area (Å²) in [6.45, 7) is 1.75. The van der Waals surface area contributed by atoms with E-state index in [0.717, 1.165) is 31.5 Å². The Bertz CT molecular complexity index is 646. The van der Waals surface area contributed by atoms with Crippen LogP contribution in [0, 0.1) is 0 Å². The van der Waals surface area contributed by atoms with E-state index in [1.54, 1.807) is 12.1 Å². The van der Waals surface area contributed by atoms with Gasteiger partial charge >= 0.3 is 0 Å². The van der Waals surface area contributed by atoms with Crippen molar-refractivity contribution in [1.82, 2.24) is 15.1 Å². The fourth-order valence-corrected chi connectivity index (χ4v) is 2.88. The molecule has 1 fully saturated rings. The van der Waals surface area contributed by atoms with Gasteiger partial charge in [-0.25, -0.2) is 0 Å². The highest BCUT2D eigenvalue weighted by molar-refractivity contribution is 6.30. The number of amides is 1. The highest BCUT2D eigenvalue weighted by atomic mass is 35.5. The molecule has 0 unspecified atom stereocenters. The first kappa shape index (κ1) is 16.0. The average Bonchev–Trinajstić information content (AvgIpc) is 2.86. The minimum Gasteiger partial charge on any atom is -0.421 e. The molecule has 1 aliphatic rings. The number of hydrogen-bond acceptors (Lipinski definition) is 4. The Labute approximate surface area is 140 Å². The molecule has 1 amide bonds. The molecule has 0 bridgehead atoms. The molecule has 5 nitrogen and oxygen atoms in total. The third-order valence-corrected chi connectivity index (χ3v) is 4.32. The number of likely N-dealkylation sites (tertiary alicyclic amines) is 1. The summed E-state index contributed by atoms with van der Waals surface area (Å²) in [6.07, 6.45) is 5.55. The zero-order valence-corrected chi connectivity index (χ0v) is 13.8. The van der Waals surface area contributed by atoms with Crippen molar-refractivity contribution in [2.75, 3.05) is 13.1 Å². The molecular weight excluding hydrogens is 314 g/mol. The Hall–Kier alpha value is -1.88. The van der Waals surface area contributed by atoms with Crippen molar-refractivity contribution in [3.8, 4) is 11.5 Å². The molecule has 0 saturated carbocycles. The van der Waals surface area contributed by atoms with E-state index >= 15 is 0 Å². The molecule has 1 aromatic heterocycles. The molecule has 0 radical (unpaired) electrons. The third-order valence-electron chi connectivity index (χ3n) is 4.07. The van der Waals surface area contributed by atoms with Gasteiger partial charge in [0.15, 0.2) is 0 Å². The normalized spacial score (nSPS) is 15.4. The van der Waals surface area contributed by atoms with E-state index < -0.39 is 0 Å². The number of rotatable bonds is 4. The maximum absolute atomic E-state index is 12.3. The van der Waals surface area contributed by atoms with Gasteiger partial charge in [0.05, 0.1) is 0 Å². The largest absolute Gasteiger partial charge is 0.421 e. The van der Waals surface area contributed by atoms with Crippen LogP contribution in [0.15, 0.2) is 28.7 Å². The molecule has 1 aliphatic heterocycles. The molecule has 3 rings (SSSR count). The van der Waals surface area contributed by atoms with Gasteiger partial charge in [-0.2, -0.15) is 0 Å². The van der Waals surface area contributed by atoms with Gasteiger partial charge in [-0.3, -0.25) is 4.79 Å². The minimum absolute atomic E-state index is 0.179. The summed E-state index contributed by atoms with van der Waals surface area (Å²) in [7, 11) is 0. The number of hydrogen-bond donors (Lipinski definition) is 0. The Morgan fingerprint density at radius 3 is 2.48 bits per heavy atom. The van der Waals surface area contributed by atoms with Crippen LogP contribution in [0.1, 0.15) is 38.0 Å². The van der Waals surface area contributed by atoms with Crippen LogP contribution in [0.5, 0.6) is 0 Å². The average molecular weight is 334 g/mol. The van der Waals surface area contributed by atoms with Crippen LogP contribution >= 0.6 is 11.6 Å². The summed E-state index contributed by atoms with van der Waals surface area (Å²) in [5.74, 6) is 1.13. The first-order valence-electron chi connectivity index (χ1n) is 8.08. The molecule has 2 heterocycles. The monoisotopic (exact) mass is 333 g/mol. The van der Waals surface area contributed by atoms with Crippen molar-refractivity contribution in [3.05, 3.63) is 35.2 Å². The van der Waals surface area contributed by atoms with Crippen LogP contribution in [-0.2, 0) is 11.2 Å². The Balaban J connectivity index is 1.56. The molecule has 23 heavy (non-hydrogen) atoms. The minimum atomic E-state index is 0.179. The Morgan fingerprint density at radius 2 is 1.78 bits per heavy atom. The quantitative estimate of drug-likeness (QED) is 0.855. The van der Waals surface area contributed by atoms with E-state index in [2.05, 4.69) is 10.2 Å². The molecule has 122 valence electrons. The van der Waals surface area contributed by atoms with Crippen LogP contribution in [0.2, 0.25) is 5.02 Å². The highest BCUT2D eigenvalue weighted by Crippen LogP contribution is 2.20. The lowest BCUT2D eigenvalue weighted by Crippen LogP contribution is -2.31. The lowest BCUT2D eigenvalue weighted by atomic mass is 10.2. The summed E-state index contributed by atoms with van der Waals surface area (Å²) in [6, 6.07) is 7.23. The standard InChI is InChI=1S/C17H20ClN3O2/c18-14-7-5-13(6-8-14)17-20-19-15(23-17)9-10-16(22)21-11-3-1-2-4-12-21/h5-8H,1-4,9-12H2. The van der Waals surface area contributed by atoms with Gasteiger partial charge in [0, 0.05) is 36.5 Å². The smallest absolute Gasteiger partial charge is 0.247 e. The van der Waals surface area contributed by atoms with Crippen molar-refractivity contribution in [3.63, 3.8) is 0 Å². The van der Waals surface area contributed by atoms with E-state index in [1.807, 2.05) is 17.0 Å². The SMILES string of the molecule is O=C(CCc1nnc(-c2ccc(Cl)cc2)o1)N1CCCCCC1. The van der Waals surface area contributed by atoms with E-state index in [9.17, 15) is 4.79 Å². The summed E-state index contributed by atoms with van der Waals surface area (Å²) >= 11 is 5.87. The van der Waals surface area contributed by atoms with Gasteiger partial charge in [-0.1, -0.05) is 24.4 Å². The molecule has 0 aliphatic carbocycles. The third kappa shape index (κ3) is 4.32. The lowest BCUT2D eigenvalue weighted by Gasteiger charge is -2.19. The van der Waals surface area contributed by atoms with Gasteiger partial charge < -0.3 is 9.32 Å². The molecule has 1 saturated heterocycles.